The van der Waals surface area contributed by atoms with Crippen LogP contribution < -0.4 is 10.2 Å². The van der Waals surface area contributed by atoms with Crippen LogP contribution in [0.5, 0.6) is 0 Å². The van der Waals surface area contributed by atoms with Crippen molar-refractivity contribution in [1.29, 1.82) is 0 Å². The Hall–Kier alpha value is -1.75. The van der Waals surface area contributed by atoms with Gasteiger partial charge in [-0.25, -0.2) is 4.79 Å². The quantitative estimate of drug-likeness (QED) is 0.812. The number of aliphatic hydroxyl groups is 1. The van der Waals surface area contributed by atoms with Gasteiger partial charge in [0.25, 0.3) is 0 Å². The van der Waals surface area contributed by atoms with Crippen LogP contribution in [0.4, 0.5) is 16.2 Å². The molecule has 21 heavy (non-hydrogen) atoms. The number of hydrogen-bond acceptors (Lipinski definition) is 3. The maximum atomic E-state index is 12.3. The zero-order valence-corrected chi connectivity index (χ0v) is 13.5. The second kappa shape index (κ2) is 8.52. The molecule has 2 amide bonds. The number of aryl methyl sites for hydroxylation is 1. The highest BCUT2D eigenvalue weighted by atomic mass is 16.3. The summed E-state index contributed by atoms with van der Waals surface area (Å²) in [6, 6.07) is 5.78. The zero-order chi connectivity index (χ0) is 15.8. The number of carbonyl (C=O) groups is 1. The van der Waals surface area contributed by atoms with Gasteiger partial charge in [-0.1, -0.05) is 13.3 Å². The molecule has 0 heterocycles. The summed E-state index contributed by atoms with van der Waals surface area (Å²) in [4.78, 5) is 16.0. The molecule has 0 saturated heterocycles. The third-order valence-electron chi connectivity index (χ3n) is 3.41. The highest BCUT2D eigenvalue weighted by molar-refractivity contribution is 5.90. The van der Waals surface area contributed by atoms with E-state index >= 15 is 0 Å². The highest BCUT2D eigenvalue weighted by Crippen LogP contribution is 2.21. The van der Waals surface area contributed by atoms with Gasteiger partial charge in [-0.15, -0.1) is 0 Å². The first kappa shape index (κ1) is 17.3. The van der Waals surface area contributed by atoms with Gasteiger partial charge in [0, 0.05) is 38.6 Å². The van der Waals surface area contributed by atoms with E-state index in [1.54, 1.807) is 4.90 Å². The van der Waals surface area contributed by atoms with Crippen molar-refractivity contribution in [1.82, 2.24) is 4.90 Å². The normalized spacial score (nSPS) is 10.3. The summed E-state index contributed by atoms with van der Waals surface area (Å²) in [7, 11) is 3.97. The molecule has 0 aliphatic heterocycles. The monoisotopic (exact) mass is 293 g/mol. The number of aliphatic hydroxyl groups excluding tert-OH is 1. The lowest BCUT2D eigenvalue weighted by Gasteiger charge is -2.23. The smallest absolute Gasteiger partial charge is 0.321 e. The van der Waals surface area contributed by atoms with E-state index < -0.39 is 0 Å². The van der Waals surface area contributed by atoms with Crippen LogP contribution in [0.3, 0.4) is 0 Å². The van der Waals surface area contributed by atoms with Gasteiger partial charge in [-0.05, 0) is 37.1 Å². The Morgan fingerprint density at radius 2 is 2.00 bits per heavy atom. The third kappa shape index (κ3) is 5.27. The third-order valence-corrected chi connectivity index (χ3v) is 3.41. The van der Waals surface area contributed by atoms with E-state index in [2.05, 4.69) is 12.2 Å². The number of anilines is 2. The van der Waals surface area contributed by atoms with Crippen molar-refractivity contribution in [3.63, 3.8) is 0 Å². The Morgan fingerprint density at radius 1 is 1.29 bits per heavy atom. The van der Waals surface area contributed by atoms with Gasteiger partial charge in [0.15, 0.2) is 0 Å². The molecule has 0 unspecified atom stereocenters. The van der Waals surface area contributed by atoms with Crippen molar-refractivity contribution in [3.05, 3.63) is 23.8 Å². The largest absolute Gasteiger partial charge is 0.395 e. The van der Waals surface area contributed by atoms with E-state index in [1.165, 1.54) is 0 Å². The topological polar surface area (TPSA) is 55.8 Å². The van der Waals surface area contributed by atoms with Gasteiger partial charge in [0.1, 0.15) is 0 Å². The van der Waals surface area contributed by atoms with Crippen LogP contribution in [0, 0.1) is 6.92 Å². The summed E-state index contributed by atoms with van der Waals surface area (Å²) >= 11 is 0. The average Bonchev–Trinajstić information content (AvgIpc) is 2.45. The molecular formula is C16H27N3O2. The Morgan fingerprint density at radius 3 is 2.52 bits per heavy atom. The fourth-order valence-corrected chi connectivity index (χ4v) is 2.05. The zero-order valence-electron chi connectivity index (χ0n) is 13.5. The second-order valence-electron chi connectivity index (χ2n) is 5.39. The first-order valence-corrected chi connectivity index (χ1v) is 7.44. The average molecular weight is 293 g/mol. The van der Waals surface area contributed by atoms with Gasteiger partial charge in [-0.2, -0.15) is 0 Å². The molecule has 0 aliphatic rings. The molecule has 5 nitrogen and oxygen atoms in total. The second-order valence-corrected chi connectivity index (χ2v) is 5.39. The van der Waals surface area contributed by atoms with E-state index in [4.69, 9.17) is 5.11 Å². The van der Waals surface area contributed by atoms with Crippen molar-refractivity contribution >= 4 is 17.4 Å². The minimum Gasteiger partial charge on any atom is -0.395 e. The SMILES string of the molecule is CCCCN(CCO)C(=O)Nc1ccc(N(C)C)cc1C. The fourth-order valence-electron chi connectivity index (χ4n) is 2.05. The summed E-state index contributed by atoms with van der Waals surface area (Å²) in [6.07, 6.45) is 1.96. The van der Waals surface area contributed by atoms with Crippen LogP contribution in [-0.2, 0) is 0 Å². The summed E-state index contributed by atoms with van der Waals surface area (Å²) in [6.45, 7) is 5.07. The summed E-state index contributed by atoms with van der Waals surface area (Å²) in [5, 5.41) is 12.0. The van der Waals surface area contributed by atoms with Crippen molar-refractivity contribution in [2.75, 3.05) is 44.0 Å². The molecule has 0 atom stereocenters. The van der Waals surface area contributed by atoms with E-state index in [1.807, 2.05) is 44.1 Å². The molecule has 0 fully saturated rings. The molecule has 1 rings (SSSR count). The maximum absolute atomic E-state index is 12.3. The predicted molar refractivity (Wildman–Crippen MR) is 88.1 cm³/mol. The summed E-state index contributed by atoms with van der Waals surface area (Å²) < 4.78 is 0. The standard InChI is InChI=1S/C16H27N3O2/c1-5-6-9-19(10-11-20)16(21)17-15-8-7-14(18(3)4)12-13(15)2/h7-8,12,20H,5-6,9-11H2,1-4H3,(H,17,21). The number of nitrogens with one attached hydrogen (secondary N) is 1. The van der Waals surface area contributed by atoms with Crippen LogP contribution in [0.25, 0.3) is 0 Å². The van der Waals surface area contributed by atoms with Gasteiger partial charge < -0.3 is 20.2 Å². The number of benzene rings is 1. The Kier molecular flexibility index (Phi) is 7.02. The van der Waals surface area contributed by atoms with Crippen molar-refractivity contribution in [2.24, 2.45) is 0 Å². The molecule has 0 radical (unpaired) electrons. The summed E-state index contributed by atoms with van der Waals surface area (Å²) in [5.41, 5.74) is 2.93. The first-order valence-electron chi connectivity index (χ1n) is 7.44. The van der Waals surface area contributed by atoms with Crippen molar-refractivity contribution < 1.29 is 9.90 Å². The molecule has 0 spiro atoms. The Balaban J connectivity index is 2.76. The number of amides is 2. The molecule has 0 aliphatic carbocycles. The number of rotatable bonds is 7. The fraction of sp³-hybridized carbons (Fsp3) is 0.562. The van der Waals surface area contributed by atoms with E-state index in [-0.39, 0.29) is 12.6 Å². The Bertz CT molecular complexity index is 461. The number of hydrogen-bond donors (Lipinski definition) is 2. The van der Waals surface area contributed by atoms with E-state index in [9.17, 15) is 4.79 Å². The van der Waals surface area contributed by atoms with Crippen molar-refractivity contribution in [3.8, 4) is 0 Å². The van der Waals surface area contributed by atoms with Crippen molar-refractivity contribution in [2.45, 2.75) is 26.7 Å². The first-order chi connectivity index (χ1) is 9.99. The van der Waals surface area contributed by atoms with Crippen LogP contribution >= 0.6 is 0 Å². The maximum Gasteiger partial charge on any atom is 0.321 e. The van der Waals surface area contributed by atoms with Crippen LogP contribution in [-0.4, -0.2) is 49.8 Å². The number of unbranched alkanes of at least 4 members (excludes halogenated alkanes) is 1. The molecule has 0 bridgehead atoms. The summed E-state index contributed by atoms with van der Waals surface area (Å²) in [5.74, 6) is 0. The molecular weight excluding hydrogens is 266 g/mol. The molecule has 2 N–H and O–H groups in total. The van der Waals surface area contributed by atoms with Crippen LogP contribution in [0.2, 0.25) is 0 Å². The molecule has 118 valence electrons. The lowest BCUT2D eigenvalue weighted by Crippen LogP contribution is -2.37. The van der Waals surface area contributed by atoms with Crippen LogP contribution in [0.1, 0.15) is 25.3 Å². The predicted octanol–water partition coefficient (Wildman–Crippen LogP) is 2.69. The van der Waals surface area contributed by atoms with E-state index in [0.717, 1.165) is 29.8 Å². The number of urea groups is 1. The van der Waals surface area contributed by atoms with Crippen LogP contribution in [0.15, 0.2) is 18.2 Å². The lowest BCUT2D eigenvalue weighted by atomic mass is 10.1. The van der Waals surface area contributed by atoms with E-state index in [0.29, 0.717) is 13.1 Å². The lowest BCUT2D eigenvalue weighted by molar-refractivity contribution is 0.187. The molecule has 1 aromatic rings. The highest BCUT2D eigenvalue weighted by Gasteiger charge is 2.13. The number of nitrogens with zero attached hydrogens (tertiary/aromatic N) is 2. The number of carbonyl (C=O) groups excluding carboxylic acids is 1. The van der Waals surface area contributed by atoms with Gasteiger partial charge >= 0.3 is 6.03 Å². The van der Waals surface area contributed by atoms with Gasteiger partial charge in [0.05, 0.1) is 6.61 Å². The molecule has 0 aromatic heterocycles. The van der Waals surface area contributed by atoms with Gasteiger partial charge in [0.2, 0.25) is 0 Å². The molecule has 1 aromatic carbocycles. The minimum absolute atomic E-state index is 0.0182. The van der Waals surface area contributed by atoms with Gasteiger partial charge in [-0.3, -0.25) is 0 Å². The molecule has 5 heteroatoms. The molecule has 0 saturated carbocycles. The minimum atomic E-state index is -0.154. The Labute approximate surface area is 127 Å².